The molecule has 22 nitrogen and oxygen atoms in total. The number of rotatable bonds is 19. The Morgan fingerprint density at radius 3 is 1.74 bits per heavy atom. The van der Waals surface area contributed by atoms with Crippen LogP contribution in [-0.4, -0.2) is 152 Å². The van der Waals surface area contributed by atoms with Crippen LogP contribution in [0.15, 0.2) is 29.2 Å². The van der Waals surface area contributed by atoms with Crippen LogP contribution in [0.3, 0.4) is 0 Å². The number of benzene rings is 1. The van der Waals surface area contributed by atoms with Gasteiger partial charge in [0, 0.05) is 54.5 Å². The molecule has 0 unspecified atom stereocenters. The summed E-state index contributed by atoms with van der Waals surface area (Å²) in [5, 5.41) is 0.197. The molecule has 0 aliphatic carbocycles. The van der Waals surface area contributed by atoms with E-state index < -0.39 is 137 Å². The first-order valence-electron chi connectivity index (χ1n) is 18.7. The summed E-state index contributed by atoms with van der Waals surface area (Å²) in [6.07, 6.45) is -7.65. The van der Waals surface area contributed by atoms with Crippen molar-refractivity contribution in [3.63, 3.8) is 0 Å². The van der Waals surface area contributed by atoms with Gasteiger partial charge in [0.05, 0.1) is 29.2 Å². The third-order valence-corrected chi connectivity index (χ3v) is 11.3. The van der Waals surface area contributed by atoms with Gasteiger partial charge >= 0.3 is 42.9 Å². The summed E-state index contributed by atoms with van der Waals surface area (Å²) >= 11 is 0. The van der Waals surface area contributed by atoms with E-state index in [9.17, 15) is 51.6 Å². The molecule has 3 rings (SSSR count). The summed E-state index contributed by atoms with van der Waals surface area (Å²) in [5.74, 6) is -9.04. The molecular weight excluding hydrogens is 833 g/mol. The van der Waals surface area contributed by atoms with E-state index >= 15 is 0 Å². The van der Waals surface area contributed by atoms with Crippen LogP contribution in [0.2, 0.25) is 0 Å². The number of hydrogen-bond acceptors (Lipinski definition) is 19. The molecule has 0 spiro atoms. The maximum Gasteiger partial charge on any atom is 0.494 e. The molecule has 61 heavy (non-hydrogen) atoms. The van der Waals surface area contributed by atoms with Crippen LogP contribution < -0.4 is 5.46 Å². The predicted octanol–water partition coefficient (Wildman–Crippen LogP) is -0.668. The Labute approximate surface area is 352 Å². The first-order chi connectivity index (χ1) is 28.1. The molecule has 2 heterocycles. The van der Waals surface area contributed by atoms with Gasteiger partial charge < -0.3 is 42.7 Å². The van der Waals surface area contributed by atoms with Gasteiger partial charge in [-0.25, -0.2) is 13.2 Å². The number of imide groups is 1. The van der Waals surface area contributed by atoms with E-state index in [4.69, 9.17) is 37.8 Å². The van der Waals surface area contributed by atoms with Crippen LogP contribution in [0.5, 0.6) is 0 Å². The second-order valence-corrected chi connectivity index (χ2v) is 16.9. The zero-order valence-corrected chi connectivity index (χ0v) is 36.3. The van der Waals surface area contributed by atoms with E-state index in [2.05, 4.69) is 0 Å². The largest absolute Gasteiger partial charge is 0.494 e. The number of carbonyl (C=O) groups is 9. The minimum Gasteiger partial charge on any atom is -0.462 e. The summed E-state index contributed by atoms with van der Waals surface area (Å²) in [7, 11) is -4.75. The summed E-state index contributed by atoms with van der Waals surface area (Å²) in [6, 6.07) is 5.30. The SMILES string of the molecule is CC(=O)OC[C@H](OC(C)=O)[C@H](OC(C)=O)[C@@H](OC(C)=O)[C@@H](CN(C)C(=O)CN(CC(=O)ON1C(=O)CCC1=O)S(=O)(=O)c1cccc(B2OC(C)(C)C(C)(C)O2)c1)OC(C)=O. The molecule has 0 saturated carbocycles. The van der Waals surface area contributed by atoms with Crippen LogP contribution in [0.4, 0.5) is 0 Å². The van der Waals surface area contributed by atoms with E-state index in [1.165, 1.54) is 18.2 Å². The van der Waals surface area contributed by atoms with Crippen molar-refractivity contribution in [3.8, 4) is 0 Å². The van der Waals surface area contributed by atoms with E-state index in [1.807, 2.05) is 0 Å². The molecule has 2 aliphatic rings. The normalized spacial score (nSPS) is 17.8. The first kappa shape index (κ1) is 49.9. The Morgan fingerprint density at radius 2 is 1.25 bits per heavy atom. The molecule has 0 aromatic heterocycles. The van der Waals surface area contributed by atoms with Gasteiger partial charge in [-0.2, -0.15) is 4.31 Å². The lowest BCUT2D eigenvalue weighted by atomic mass is 9.79. The Kier molecular flexibility index (Phi) is 16.7. The van der Waals surface area contributed by atoms with Crippen molar-refractivity contribution in [2.75, 3.05) is 33.3 Å². The fourth-order valence-electron chi connectivity index (χ4n) is 5.87. The highest BCUT2D eigenvalue weighted by Gasteiger charge is 2.52. The summed E-state index contributed by atoms with van der Waals surface area (Å²) < 4.78 is 67.6. The number of carbonyl (C=O) groups excluding carboxylic acids is 9. The fourth-order valence-corrected chi connectivity index (χ4v) is 7.26. The van der Waals surface area contributed by atoms with E-state index in [0.29, 0.717) is 4.31 Å². The molecule has 1 aromatic rings. The second-order valence-electron chi connectivity index (χ2n) is 15.0. The Morgan fingerprint density at radius 1 is 0.754 bits per heavy atom. The van der Waals surface area contributed by atoms with Gasteiger partial charge in [-0.15, -0.1) is 5.06 Å². The number of likely N-dealkylation sites (N-methyl/N-ethyl adjacent to an activating group) is 1. The quantitative estimate of drug-likeness (QED) is 0.0721. The van der Waals surface area contributed by atoms with E-state index in [0.717, 1.165) is 46.6 Å². The summed E-state index contributed by atoms with van der Waals surface area (Å²) in [6.45, 7) is 8.20. The maximum absolute atomic E-state index is 14.3. The van der Waals surface area contributed by atoms with Crippen molar-refractivity contribution in [2.45, 2.75) is 116 Å². The van der Waals surface area contributed by atoms with Crippen LogP contribution in [0.25, 0.3) is 0 Å². The monoisotopic (exact) mass is 883 g/mol. The standard InChI is InChI=1S/C37H50BN3O19S/c1-21(42)53-20-29(55-23(3)44)35(57-25(5)46)34(56-24(4)45)28(54-22(2)43)17-39(10)32(49)18-40(19-33(50)58-41-30(47)14-15-31(41)48)61(51,52)27-13-11-12-26(16-27)38-59-36(6,7)37(8,9)60-38/h11-13,16,28-29,34-35H,14-15,17-20H2,1-10H3/t28-,29+,34+,35+/m1/s1. The Bertz CT molecular complexity index is 1970. The number of hydroxylamine groups is 2. The Hall–Kier alpha value is -5.46. The highest BCUT2D eigenvalue weighted by molar-refractivity contribution is 7.89. The van der Waals surface area contributed by atoms with Gasteiger partial charge in [0.2, 0.25) is 15.9 Å². The average molecular weight is 884 g/mol. The van der Waals surface area contributed by atoms with Crippen molar-refractivity contribution in [1.29, 1.82) is 0 Å². The molecular formula is C37H50BN3O19S. The molecule has 3 amide bonds. The molecule has 2 fully saturated rings. The van der Waals surface area contributed by atoms with E-state index in [1.54, 1.807) is 33.8 Å². The van der Waals surface area contributed by atoms with Crippen LogP contribution in [0.1, 0.15) is 75.2 Å². The summed E-state index contributed by atoms with van der Waals surface area (Å²) in [5.41, 5.74) is -1.34. The lowest BCUT2D eigenvalue weighted by Gasteiger charge is -2.36. The number of esters is 5. The Balaban J connectivity index is 2.04. The lowest BCUT2D eigenvalue weighted by Crippen LogP contribution is -2.56. The predicted molar refractivity (Wildman–Crippen MR) is 205 cm³/mol. The van der Waals surface area contributed by atoms with Crippen molar-refractivity contribution >= 4 is 76.1 Å². The van der Waals surface area contributed by atoms with Crippen molar-refractivity contribution in [2.24, 2.45) is 0 Å². The number of nitrogens with zero attached hydrogens (tertiary/aromatic N) is 3. The van der Waals surface area contributed by atoms with Crippen LogP contribution in [-0.2, 0) is 91.0 Å². The molecule has 336 valence electrons. The molecule has 2 aliphatic heterocycles. The summed E-state index contributed by atoms with van der Waals surface area (Å²) in [4.78, 5) is 118. The topological polar surface area (TPSA) is 271 Å². The highest BCUT2D eigenvalue weighted by Crippen LogP contribution is 2.36. The lowest BCUT2D eigenvalue weighted by molar-refractivity contribution is -0.203. The number of sulfonamides is 1. The third-order valence-electron chi connectivity index (χ3n) is 9.46. The maximum atomic E-state index is 14.3. The van der Waals surface area contributed by atoms with Gasteiger partial charge in [0.15, 0.2) is 24.4 Å². The minimum atomic E-state index is -4.85. The molecule has 0 bridgehead atoms. The van der Waals surface area contributed by atoms with E-state index in [-0.39, 0.29) is 23.4 Å². The zero-order valence-electron chi connectivity index (χ0n) is 35.4. The van der Waals surface area contributed by atoms with Crippen molar-refractivity contribution < 1.29 is 89.4 Å². The highest BCUT2D eigenvalue weighted by atomic mass is 32.2. The van der Waals surface area contributed by atoms with Gasteiger partial charge in [0.25, 0.3) is 11.8 Å². The molecule has 0 radical (unpaired) electrons. The van der Waals surface area contributed by atoms with Gasteiger partial charge in [-0.05, 0) is 45.3 Å². The average Bonchev–Trinajstić information content (AvgIpc) is 3.57. The number of amides is 3. The van der Waals surface area contributed by atoms with Gasteiger partial charge in [-0.3, -0.25) is 38.4 Å². The van der Waals surface area contributed by atoms with Crippen molar-refractivity contribution in [1.82, 2.24) is 14.3 Å². The van der Waals surface area contributed by atoms with Crippen LogP contribution in [0, 0.1) is 0 Å². The van der Waals surface area contributed by atoms with Gasteiger partial charge in [-0.1, -0.05) is 12.1 Å². The number of ether oxygens (including phenoxy) is 5. The molecule has 2 saturated heterocycles. The zero-order chi connectivity index (χ0) is 46.2. The number of hydrogen-bond donors (Lipinski definition) is 0. The minimum absolute atomic E-state index is 0.197. The van der Waals surface area contributed by atoms with Crippen LogP contribution >= 0.6 is 0 Å². The molecule has 4 atom stereocenters. The fraction of sp³-hybridized carbons (Fsp3) is 0.595. The third kappa shape index (κ3) is 13.5. The second kappa shape index (κ2) is 20.4. The smallest absolute Gasteiger partial charge is 0.462 e. The molecule has 24 heteroatoms. The molecule has 1 aromatic carbocycles. The van der Waals surface area contributed by atoms with Crippen molar-refractivity contribution in [3.05, 3.63) is 24.3 Å². The van der Waals surface area contributed by atoms with Gasteiger partial charge in [0.1, 0.15) is 13.2 Å². The first-order valence-corrected chi connectivity index (χ1v) is 20.2. The molecule has 0 N–H and O–H groups in total.